The topological polar surface area (TPSA) is 91.0 Å². The quantitative estimate of drug-likeness (QED) is 0.503. The lowest BCUT2D eigenvalue weighted by Crippen LogP contribution is -2.51. The molecule has 0 aromatic heterocycles. The Hall–Kier alpha value is -3.72. The highest BCUT2D eigenvalue weighted by atomic mass is 19.1. The van der Waals surface area contributed by atoms with E-state index < -0.39 is 23.9 Å². The standard InChI is InChI=1S/C25H27FN4O4/c1-16(31)17-5-9-20(10-6-17)30-13-11-29(12-14-30)15-21-22(24(32)34-2)23(28-25(33)27-21)18-3-7-19(26)8-4-18/h3-10,23H,11-15H2,1-2H3,(H2,27,28,33). The van der Waals surface area contributed by atoms with Crippen LogP contribution in [-0.2, 0) is 9.53 Å². The van der Waals surface area contributed by atoms with Crippen molar-refractivity contribution in [1.82, 2.24) is 15.5 Å². The van der Waals surface area contributed by atoms with E-state index in [-0.39, 0.29) is 5.78 Å². The van der Waals surface area contributed by atoms with E-state index >= 15 is 0 Å². The zero-order valence-electron chi connectivity index (χ0n) is 19.1. The number of carbonyl (C=O) groups is 3. The summed E-state index contributed by atoms with van der Waals surface area (Å²) in [6, 6.07) is 12.1. The molecule has 0 radical (unpaired) electrons. The number of piperazine rings is 1. The number of urea groups is 1. The molecule has 2 heterocycles. The van der Waals surface area contributed by atoms with Crippen molar-refractivity contribution in [3.8, 4) is 0 Å². The largest absolute Gasteiger partial charge is 0.466 e. The number of nitrogens with one attached hydrogen (secondary N) is 2. The van der Waals surface area contributed by atoms with E-state index in [0.717, 1.165) is 31.9 Å². The van der Waals surface area contributed by atoms with Gasteiger partial charge in [0.15, 0.2) is 5.78 Å². The van der Waals surface area contributed by atoms with Crippen LogP contribution in [0.2, 0.25) is 0 Å². The van der Waals surface area contributed by atoms with Crippen molar-refractivity contribution in [3.63, 3.8) is 0 Å². The van der Waals surface area contributed by atoms with Crippen LogP contribution >= 0.6 is 0 Å². The van der Waals surface area contributed by atoms with Crippen LogP contribution in [0, 0.1) is 5.82 Å². The Bertz CT molecular complexity index is 1110. The van der Waals surface area contributed by atoms with Crippen molar-refractivity contribution in [3.05, 3.63) is 76.7 Å². The summed E-state index contributed by atoms with van der Waals surface area (Å²) < 4.78 is 18.4. The summed E-state index contributed by atoms with van der Waals surface area (Å²) in [5.74, 6) is -0.920. The molecule has 2 amide bonds. The van der Waals surface area contributed by atoms with Gasteiger partial charge in [-0.2, -0.15) is 0 Å². The average molecular weight is 467 g/mol. The van der Waals surface area contributed by atoms with Gasteiger partial charge in [0.05, 0.1) is 18.7 Å². The van der Waals surface area contributed by atoms with Crippen molar-refractivity contribution >= 4 is 23.5 Å². The molecule has 8 nitrogen and oxygen atoms in total. The molecule has 1 unspecified atom stereocenters. The lowest BCUT2D eigenvalue weighted by atomic mass is 9.95. The Morgan fingerprint density at radius 3 is 2.26 bits per heavy atom. The van der Waals surface area contributed by atoms with Gasteiger partial charge in [-0.05, 0) is 48.9 Å². The number of ketones is 1. The molecule has 1 saturated heterocycles. The molecule has 2 aromatic carbocycles. The van der Waals surface area contributed by atoms with Gasteiger partial charge < -0.3 is 20.3 Å². The monoisotopic (exact) mass is 466 g/mol. The Labute approximate surface area is 197 Å². The summed E-state index contributed by atoms with van der Waals surface area (Å²) in [6.07, 6.45) is 0. The molecule has 4 rings (SSSR count). The fourth-order valence-corrected chi connectivity index (χ4v) is 4.29. The molecule has 2 N–H and O–H groups in total. The van der Waals surface area contributed by atoms with Gasteiger partial charge in [0.25, 0.3) is 0 Å². The molecule has 0 bridgehead atoms. The molecule has 9 heteroatoms. The van der Waals surface area contributed by atoms with E-state index in [9.17, 15) is 18.8 Å². The number of ether oxygens (including phenoxy) is 1. The smallest absolute Gasteiger partial charge is 0.338 e. The Morgan fingerprint density at radius 1 is 1.03 bits per heavy atom. The first kappa shape index (κ1) is 23.4. The van der Waals surface area contributed by atoms with Gasteiger partial charge in [-0.15, -0.1) is 0 Å². The first-order valence-electron chi connectivity index (χ1n) is 11.1. The van der Waals surface area contributed by atoms with E-state index in [2.05, 4.69) is 20.4 Å². The van der Waals surface area contributed by atoms with E-state index in [1.54, 1.807) is 19.1 Å². The molecular formula is C25H27FN4O4. The SMILES string of the molecule is COC(=O)C1=C(CN2CCN(c3ccc(C(C)=O)cc3)CC2)NC(=O)NC1c1ccc(F)cc1. The molecule has 2 aromatic rings. The van der Waals surface area contributed by atoms with Crippen LogP contribution in [0.25, 0.3) is 0 Å². The molecule has 0 saturated carbocycles. The maximum absolute atomic E-state index is 13.4. The minimum absolute atomic E-state index is 0.0361. The predicted molar refractivity (Wildman–Crippen MR) is 125 cm³/mol. The number of amides is 2. The van der Waals surface area contributed by atoms with Crippen LogP contribution in [-0.4, -0.2) is 62.5 Å². The number of rotatable bonds is 6. The van der Waals surface area contributed by atoms with Crippen LogP contribution in [0.15, 0.2) is 59.8 Å². The Balaban J connectivity index is 1.50. The summed E-state index contributed by atoms with van der Waals surface area (Å²) in [5.41, 5.74) is 3.10. The maximum Gasteiger partial charge on any atom is 0.338 e. The first-order chi connectivity index (χ1) is 16.4. The zero-order valence-corrected chi connectivity index (χ0v) is 19.1. The molecule has 2 aliphatic rings. The van der Waals surface area contributed by atoms with E-state index in [4.69, 9.17) is 4.74 Å². The number of benzene rings is 2. The molecule has 0 aliphatic carbocycles. The van der Waals surface area contributed by atoms with Crippen LogP contribution < -0.4 is 15.5 Å². The second kappa shape index (κ2) is 10.0. The number of hydrogen-bond donors (Lipinski definition) is 2. The summed E-state index contributed by atoms with van der Waals surface area (Å²) in [7, 11) is 1.29. The number of esters is 1. The van der Waals surface area contributed by atoms with Crippen molar-refractivity contribution in [1.29, 1.82) is 0 Å². The van der Waals surface area contributed by atoms with Crippen LogP contribution in [0.4, 0.5) is 14.9 Å². The normalized spacial score (nSPS) is 18.9. The van der Waals surface area contributed by atoms with Gasteiger partial charge in [-0.25, -0.2) is 14.0 Å². The van der Waals surface area contributed by atoms with E-state index in [0.29, 0.717) is 28.9 Å². The van der Waals surface area contributed by atoms with Gasteiger partial charge in [-0.3, -0.25) is 9.69 Å². The Kier molecular flexibility index (Phi) is 6.93. The van der Waals surface area contributed by atoms with E-state index in [1.807, 2.05) is 24.3 Å². The molecule has 1 atom stereocenters. The van der Waals surface area contributed by atoms with Gasteiger partial charge >= 0.3 is 12.0 Å². The highest BCUT2D eigenvalue weighted by Crippen LogP contribution is 2.28. The number of hydrogen-bond acceptors (Lipinski definition) is 6. The Morgan fingerprint density at radius 2 is 1.68 bits per heavy atom. The fourth-order valence-electron chi connectivity index (χ4n) is 4.29. The molecule has 178 valence electrons. The van der Waals surface area contributed by atoms with Crippen molar-refractivity contribution < 1.29 is 23.5 Å². The minimum atomic E-state index is -0.738. The predicted octanol–water partition coefficient (Wildman–Crippen LogP) is 2.63. The van der Waals surface area contributed by atoms with Crippen molar-refractivity contribution in [2.45, 2.75) is 13.0 Å². The number of anilines is 1. The summed E-state index contributed by atoms with van der Waals surface area (Å²) in [4.78, 5) is 41.0. The molecule has 2 aliphatic heterocycles. The lowest BCUT2D eigenvalue weighted by Gasteiger charge is -2.38. The third kappa shape index (κ3) is 5.09. The van der Waals surface area contributed by atoms with Gasteiger partial charge in [0.1, 0.15) is 5.82 Å². The average Bonchev–Trinajstić information content (AvgIpc) is 2.84. The number of nitrogens with zero attached hydrogens (tertiary/aromatic N) is 2. The summed E-state index contributed by atoms with van der Waals surface area (Å²) in [6.45, 7) is 4.87. The second-order valence-corrected chi connectivity index (χ2v) is 8.33. The summed E-state index contributed by atoms with van der Waals surface area (Å²) >= 11 is 0. The maximum atomic E-state index is 13.4. The van der Waals surface area contributed by atoms with Crippen LogP contribution in [0.5, 0.6) is 0 Å². The number of methoxy groups -OCH3 is 1. The molecular weight excluding hydrogens is 439 g/mol. The van der Waals surface area contributed by atoms with Crippen LogP contribution in [0.1, 0.15) is 28.9 Å². The third-order valence-corrected chi connectivity index (χ3v) is 6.16. The molecule has 1 fully saturated rings. The van der Waals surface area contributed by atoms with Gasteiger partial charge in [0, 0.05) is 49.7 Å². The zero-order chi connectivity index (χ0) is 24.2. The molecule has 0 spiro atoms. The van der Waals surface area contributed by atoms with Crippen molar-refractivity contribution in [2.75, 3.05) is 44.7 Å². The lowest BCUT2D eigenvalue weighted by molar-refractivity contribution is -0.136. The first-order valence-corrected chi connectivity index (χ1v) is 11.1. The molecule has 34 heavy (non-hydrogen) atoms. The second-order valence-electron chi connectivity index (χ2n) is 8.33. The number of halogens is 1. The minimum Gasteiger partial charge on any atom is -0.466 e. The summed E-state index contributed by atoms with van der Waals surface area (Å²) in [5, 5.41) is 5.51. The fraction of sp³-hybridized carbons (Fsp3) is 0.320. The highest BCUT2D eigenvalue weighted by molar-refractivity contribution is 5.95. The highest BCUT2D eigenvalue weighted by Gasteiger charge is 2.34. The van der Waals surface area contributed by atoms with E-state index in [1.165, 1.54) is 19.2 Å². The number of Topliss-reactive ketones (excluding diaryl/α,β-unsaturated/α-hetero) is 1. The van der Waals surface area contributed by atoms with Crippen LogP contribution in [0.3, 0.4) is 0 Å². The van der Waals surface area contributed by atoms with Gasteiger partial charge in [0.2, 0.25) is 0 Å². The van der Waals surface area contributed by atoms with Gasteiger partial charge in [-0.1, -0.05) is 12.1 Å². The number of carbonyl (C=O) groups excluding carboxylic acids is 3. The third-order valence-electron chi connectivity index (χ3n) is 6.16. The van der Waals surface area contributed by atoms with Crippen molar-refractivity contribution in [2.24, 2.45) is 0 Å².